The lowest BCUT2D eigenvalue weighted by atomic mass is 9.67. The second-order valence-corrected chi connectivity index (χ2v) is 13.5. The first-order valence-electron chi connectivity index (χ1n) is 16.0. The topological polar surface area (TPSA) is 0 Å². The van der Waals surface area contributed by atoms with E-state index in [1.54, 1.807) is 11.1 Å². The van der Waals surface area contributed by atoms with Crippen molar-refractivity contribution in [3.8, 4) is 0 Å². The number of benzene rings is 1. The molecule has 4 aliphatic rings. The molecule has 4 aliphatic carbocycles. The van der Waals surface area contributed by atoms with E-state index in [4.69, 9.17) is 0 Å². The lowest BCUT2D eigenvalue weighted by Gasteiger charge is -2.38. The predicted molar refractivity (Wildman–Crippen MR) is 156 cm³/mol. The lowest BCUT2D eigenvalue weighted by Crippen LogP contribution is -2.25. The molecule has 0 unspecified atom stereocenters. The molecule has 0 aromatic heterocycles. The zero-order valence-corrected chi connectivity index (χ0v) is 23.2. The zero-order valence-electron chi connectivity index (χ0n) is 23.2. The third-order valence-corrected chi connectivity index (χ3v) is 11.5. The molecule has 0 N–H and O–H groups in total. The van der Waals surface area contributed by atoms with Crippen LogP contribution in [-0.4, -0.2) is 0 Å². The number of allylic oxidation sites excluding steroid dienone is 2. The summed E-state index contributed by atoms with van der Waals surface area (Å²) in [6.45, 7) is 7.92. The second-order valence-electron chi connectivity index (χ2n) is 13.5. The van der Waals surface area contributed by atoms with Crippen LogP contribution < -0.4 is 0 Å². The third-order valence-electron chi connectivity index (χ3n) is 11.5. The fraction of sp³-hybridized carbons (Fsp3) is 0.722. The maximum Gasteiger partial charge on any atom is -0.0162 e. The summed E-state index contributed by atoms with van der Waals surface area (Å²) < 4.78 is 0. The third kappa shape index (κ3) is 6.57. The van der Waals surface area contributed by atoms with Crippen LogP contribution in [-0.2, 0) is 0 Å². The van der Waals surface area contributed by atoms with Crippen LogP contribution in [0.2, 0.25) is 0 Å². The van der Waals surface area contributed by atoms with Crippen LogP contribution in [0.15, 0.2) is 49.6 Å². The van der Waals surface area contributed by atoms with Crippen LogP contribution in [0.5, 0.6) is 0 Å². The Bertz CT molecular complexity index is 716. The van der Waals surface area contributed by atoms with Crippen molar-refractivity contribution >= 4 is 0 Å². The van der Waals surface area contributed by atoms with E-state index in [1.165, 1.54) is 116 Å². The Labute approximate surface area is 223 Å². The number of hydrogen-bond acceptors (Lipinski definition) is 0. The Morgan fingerprint density at radius 2 is 0.722 bits per heavy atom. The smallest absolute Gasteiger partial charge is 0.0162 e. The molecular formula is C36H54. The highest BCUT2D eigenvalue weighted by molar-refractivity contribution is 5.28. The van der Waals surface area contributed by atoms with Crippen LogP contribution >= 0.6 is 0 Å². The van der Waals surface area contributed by atoms with Crippen LogP contribution in [0.4, 0.5) is 0 Å². The van der Waals surface area contributed by atoms with E-state index in [9.17, 15) is 0 Å². The van der Waals surface area contributed by atoms with Gasteiger partial charge in [-0.2, -0.15) is 0 Å². The largest absolute Gasteiger partial charge is 0.103 e. The Kier molecular flexibility index (Phi) is 9.48. The normalized spacial score (nSPS) is 37.8. The minimum Gasteiger partial charge on any atom is -0.103 e. The van der Waals surface area contributed by atoms with Crippen LogP contribution in [0.3, 0.4) is 0 Å². The summed E-state index contributed by atoms with van der Waals surface area (Å²) in [5.74, 6) is 7.57. The summed E-state index contributed by atoms with van der Waals surface area (Å²) >= 11 is 0. The van der Waals surface area contributed by atoms with Gasteiger partial charge in [0.2, 0.25) is 0 Å². The first-order valence-corrected chi connectivity index (χ1v) is 16.0. The average molecular weight is 487 g/mol. The zero-order chi connectivity index (χ0) is 24.7. The fourth-order valence-corrected chi connectivity index (χ4v) is 9.15. The average Bonchev–Trinajstić information content (AvgIpc) is 2.95. The van der Waals surface area contributed by atoms with E-state index >= 15 is 0 Å². The quantitative estimate of drug-likeness (QED) is 0.320. The maximum atomic E-state index is 3.96. The molecule has 0 bridgehead atoms. The highest BCUT2D eigenvalue weighted by Crippen LogP contribution is 2.46. The van der Waals surface area contributed by atoms with Crippen molar-refractivity contribution < 1.29 is 0 Å². The van der Waals surface area contributed by atoms with Crippen molar-refractivity contribution in [3.05, 3.63) is 60.7 Å². The predicted octanol–water partition coefficient (Wildman–Crippen LogP) is 11.0. The molecule has 0 heteroatoms. The maximum absolute atomic E-state index is 3.96. The van der Waals surface area contributed by atoms with Crippen molar-refractivity contribution in [2.45, 2.75) is 127 Å². The molecule has 0 atom stereocenters. The van der Waals surface area contributed by atoms with Gasteiger partial charge in [-0.05, 0) is 174 Å². The van der Waals surface area contributed by atoms with Crippen molar-refractivity contribution in [2.75, 3.05) is 0 Å². The minimum absolute atomic E-state index is 0.819. The lowest BCUT2D eigenvalue weighted by molar-refractivity contribution is 0.160. The van der Waals surface area contributed by atoms with Crippen molar-refractivity contribution in [3.63, 3.8) is 0 Å². The molecular weight excluding hydrogens is 432 g/mol. The summed E-state index contributed by atoms with van der Waals surface area (Å²) in [4.78, 5) is 0. The van der Waals surface area contributed by atoms with Crippen LogP contribution in [0.1, 0.15) is 139 Å². The van der Waals surface area contributed by atoms with E-state index < -0.39 is 0 Å². The van der Waals surface area contributed by atoms with Gasteiger partial charge in [0.25, 0.3) is 0 Å². The number of hydrogen-bond donors (Lipinski definition) is 0. The van der Waals surface area contributed by atoms with Gasteiger partial charge >= 0.3 is 0 Å². The van der Waals surface area contributed by atoms with Crippen molar-refractivity contribution in [2.24, 2.45) is 35.5 Å². The highest BCUT2D eigenvalue weighted by Gasteiger charge is 2.32. The van der Waals surface area contributed by atoms with Gasteiger partial charge in [-0.1, -0.05) is 36.4 Å². The summed E-state index contributed by atoms with van der Waals surface area (Å²) in [6.07, 6.45) is 30.2. The molecule has 0 spiro atoms. The van der Waals surface area contributed by atoms with Gasteiger partial charge < -0.3 is 0 Å². The molecule has 0 nitrogen and oxygen atoms in total. The summed E-state index contributed by atoms with van der Waals surface area (Å²) in [6, 6.07) is 10.1. The second kappa shape index (κ2) is 13.0. The van der Waals surface area contributed by atoms with Gasteiger partial charge in [0.15, 0.2) is 0 Å². The highest BCUT2D eigenvalue weighted by atomic mass is 14.4. The molecule has 4 saturated carbocycles. The summed E-state index contributed by atoms with van der Waals surface area (Å²) in [5.41, 5.74) is 3.27. The van der Waals surface area contributed by atoms with Gasteiger partial charge in [-0.3, -0.25) is 0 Å². The molecule has 4 fully saturated rings. The standard InChI is InChI=1S/C36H54/c1-3-5-27-7-11-29(12-8-27)31-15-19-33(20-16-31)35-23-25-36(26-24-35)34-21-17-32(18-22-34)30-13-9-28(6-4-2)10-14-30/h3-4,23-34H,1-2,5-22H2/t27-,28-,29-,30-,31?,32?,33?,34?. The van der Waals surface area contributed by atoms with Gasteiger partial charge in [-0.15, -0.1) is 13.2 Å². The van der Waals surface area contributed by atoms with Crippen LogP contribution in [0.25, 0.3) is 0 Å². The Hall–Kier alpha value is -1.30. The monoisotopic (exact) mass is 486 g/mol. The van der Waals surface area contributed by atoms with E-state index in [0.29, 0.717) is 0 Å². The van der Waals surface area contributed by atoms with Gasteiger partial charge in [0.1, 0.15) is 0 Å². The first-order chi connectivity index (χ1) is 17.7. The molecule has 1 aromatic carbocycles. The minimum atomic E-state index is 0.819. The molecule has 1 aromatic rings. The van der Waals surface area contributed by atoms with Gasteiger partial charge in [0, 0.05) is 0 Å². The van der Waals surface area contributed by atoms with Crippen molar-refractivity contribution in [1.29, 1.82) is 0 Å². The van der Waals surface area contributed by atoms with E-state index in [1.807, 2.05) is 0 Å². The Morgan fingerprint density at radius 3 is 1.00 bits per heavy atom. The summed E-state index contributed by atoms with van der Waals surface area (Å²) in [5, 5.41) is 0. The van der Waals surface area contributed by atoms with E-state index in [-0.39, 0.29) is 0 Å². The fourth-order valence-electron chi connectivity index (χ4n) is 9.15. The van der Waals surface area contributed by atoms with Crippen molar-refractivity contribution in [1.82, 2.24) is 0 Å². The molecule has 0 amide bonds. The van der Waals surface area contributed by atoms with E-state index in [0.717, 1.165) is 47.3 Å². The SMILES string of the molecule is C=CC[C@H]1CC[C@H](C2CCC(c3ccc(C4CCC([C@H]5CC[C@H](CC=C)CC5)CC4)cc3)CC2)CC1. The molecule has 198 valence electrons. The Morgan fingerprint density at radius 1 is 0.444 bits per heavy atom. The number of rotatable bonds is 8. The molecule has 0 radical (unpaired) electrons. The van der Waals surface area contributed by atoms with Gasteiger partial charge in [0.05, 0.1) is 0 Å². The molecule has 0 heterocycles. The Balaban J connectivity index is 1.04. The van der Waals surface area contributed by atoms with Gasteiger partial charge in [-0.25, -0.2) is 0 Å². The summed E-state index contributed by atoms with van der Waals surface area (Å²) in [7, 11) is 0. The molecule has 0 aliphatic heterocycles. The molecule has 36 heavy (non-hydrogen) atoms. The van der Waals surface area contributed by atoms with Crippen LogP contribution in [0, 0.1) is 35.5 Å². The molecule has 0 saturated heterocycles. The molecule has 5 rings (SSSR count). The van der Waals surface area contributed by atoms with E-state index in [2.05, 4.69) is 49.6 Å². The first kappa shape index (κ1) is 26.3.